The number of aromatic nitrogens is 1. The summed E-state index contributed by atoms with van der Waals surface area (Å²) in [5, 5.41) is 10.9. The number of rotatable bonds is 5. The summed E-state index contributed by atoms with van der Waals surface area (Å²) in [5.74, 6) is 1.00. The van der Waals surface area contributed by atoms with Gasteiger partial charge in [0.05, 0.1) is 12.6 Å². The van der Waals surface area contributed by atoms with Crippen molar-refractivity contribution in [3.8, 4) is 11.5 Å². The van der Waals surface area contributed by atoms with Gasteiger partial charge in [-0.3, -0.25) is 4.79 Å². The Balaban J connectivity index is 2.05. The summed E-state index contributed by atoms with van der Waals surface area (Å²) in [7, 11) is 1.64. The Bertz CT molecular complexity index is 1010. The summed E-state index contributed by atoms with van der Waals surface area (Å²) in [6.45, 7) is 4.03. The third-order valence-electron chi connectivity index (χ3n) is 4.41. The quantitative estimate of drug-likeness (QED) is 0.674. The molecule has 0 spiro atoms. The lowest BCUT2D eigenvalue weighted by molar-refractivity contribution is 0.414. The van der Waals surface area contributed by atoms with Gasteiger partial charge in [-0.2, -0.15) is 0 Å². The molecule has 0 saturated carbocycles. The fraction of sp³-hybridized carbons (Fsp3) is 0.227. The normalized spacial score (nSPS) is 10.7. The second-order valence-electron chi connectivity index (χ2n) is 6.66. The van der Waals surface area contributed by atoms with Crippen LogP contribution >= 0.6 is 0 Å². The number of phenolic OH excluding ortho intramolecular Hbond substituents is 1. The van der Waals surface area contributed by atoms with Crippen LogP contribution in [0, 0.1) is 0 Å². The second kappa shape index (κ2) is 7.48. The lowest BCUT2D eigenvalue weighted by atomic mass is 10.0. The number of hydrogen-bond donors (Lipinski definition) is 2. The number of aromatic amines is 1. The molecule has 4 nitrogen and oxygen atoms in total. The van der Waals surface area contributed by atoms with Crippen molar-refractivity contribution in [1.82, 2.24) is 4.98 Å². The maximum atomic E-state index is 12.6. The lowest BCUT2D eigenvalue weighted by Crippen LogP contribution is -2.07. The fourth-order valence-electron chi connectivity index (χ4n) is 2.99. The predicted molar refractivity (Wildman–Crippen MR) is 105 cm³/mol. The van der Waals surface area contributed by atoms with Gasteiger partial charge in [0, 0.05) is 29.1 Å². The van der Waals surface area contributed by atoms with Gasteiger partial charge in [-0.1, -0.05) is 23.8 Å². The van der Waals surface area contributed by atoms with Crippen LogP contribution in [0.3, 0.4) is 0 Å². The Morgan fingerprint density at radius 2 is 1.88 bits per heavy atom. The number of methoxy groups -OCH3 is 1. The average molecular weight is 349 g/mol. The number of benzene rings is 2. The van der Waals surface area contributed by atoms with Gasteiger partial charge in [-0.25, -0.2) is 0 Å². The molecule has 0 bridgehead atoms. The van der Waals surface area contributed by atoms with E-state index < -0.39 is 0 Å². The molecule has 1 aromatic heterocycles. The summed E-state index contributed by atoms with van der Waals surface area (Å²) in [5.41, 5.74) is 4.47. The van der Waals surface area contributed by atoms with E-state index >= 15 is 0 Å². The molecule has 0 aliphatic heterocycles. The van der Waals surface area contributed by atoms with Crippen molar-refractivity contribution in [3.63, 3.8) is 0 Å². The Kier molecular flexibility index (Phi) is 5.12. The minimum atomic E-state index is -0.0410. The Labute approximate surface area is 152 Å². The molecule has 0 radical (unpaired) electrons. The van der Waals surface area contributed by atoms with E-state index in [1.807, 2.05) is 44.2 Å². The van der Waals surface area contributed by atoms with Crippen LogP contribution in [-0.4, -0.2) is 17.2 Å². The molecule has 0 amide bonds. The van der Waals surface area contributed by atoms with Crippen LogP contribution in [0.25, 0.3) is 10.9 Å². The number of allylic oxidation sites excluding steroid dienone is 2. The molecule has 2 N–H and O–H groups in total. The predicted octanol–water partition coefficient (Wildman–Crippen LogP) is 4.34. The van der Waals surface area contributed by atoms with Gasteiger partial charge in [0.2, 0.25) is 0 Å². The molecule has 134 valence electrons. The Morgan fingerprint density at radius 3 is 2.54 bits per heavy atom. The van der Waals surface area contributed by atoms with Crippen molar-refractivity contribution in [2.24, 2.45) is 0 Å². The lowest BCUT2D eigenvalue weighted by Gasteiger charge is -2.10. The van der Waals surface area contributed by atoms with Gasteiger partial charge in [-0.05, 0) is 50.1 Å². The molecule has 0 unspecified atom stereocenters. The minimum Gasteiger partial charge on any atom is -0.508 e. The Morgan fingerprint density at radius 1 is 1.15 bits per heavy atom. The van der Waals surface area contributed by atoms with E-state index in [4.69, 9.17) is 4.74 Å². The van der Waals surface area contributed by atoms with Gasteiger partial charge in [0.1, 0.15) is 11.5 Å². The topological polar surface area (TPSA) is 62.3 Å². The third kappa shape index (κ3) is 3.80. The molecular formula is C22H23NO3. The van der Waals surface area contributed by atoms with Crippen molar-refractivity contribution < 1.29 is 9.84 Å². The molecule has 0 atom stereocenters. The van der Waals surface area contributed by atoms with Crippen molar-refractivity contribution in [1.29, 1.82) is 0 Å². The molecule has 2 aromatic carbocycles. The summed E-state index contributed by atoms with van der Waals surface area (Å²) in [6.07, 6.45) is 3.23. The number of hydrogen-bond acceptors (Lipinski definition) is 3. The van der Waals surface area contributed by atoms with E-state index in [0.717, 1.165) is 28.1 Å². The van der Waals surface area contributed by atoms with Crippen LogP contribution in [0.1, 0.15) is 30.7 Å². The van der Waals surface area contributed by atoms with Crippen molar-refractivity contribution in [2.45, 2.75) is 26.7 Å². The number of H-pyrrole nitrogens is 1. The molecule has 0 fully saturated rings. The van der Waals surface area contributed by atoms with Gasteiger partial charge in [-0.15, -0.1) is 0 Å². The molecular weight excluding hydrogens is 326 g/mol. The highest BCUT2D eigenvalue weighted by Crippen LogP contribution is 2.26. The molecule has 26 heavy (non-hydrogen) atoms. The molecule has 3 rings (SSSR count). The van der Waals surface area contributed by atoms with Gasteiger partial charge in [0.25, 0.3) is 0 Å². The van der Waals surface area contributed by atoms with E-state index in [1.165, 1.54) is 0 Å². The summed E-state index contributed by atoms with van der Waals surface area (Å²) in [6, 6.07) is 12.7. The first-order valence-corrected chi connectivity index (χ1v) is 8.61. The summed E-state index contributed by atoms with van der Waals surface area (Å²) in [4.78, 5) is 15.9. The van der Waals surface area contributed by atoms with Gasteiger partial charge < -0.3 is 14.8 Å². The van der Waals surface area contributed by atoms with Crippen LogP contribution in [0.2, 0.25) is 0 Å². The van der Waals surface area contributed by atoms with Crippen LogP contribution in [0.15, 0.2) is 58.9 Å². The zero-order valence-electron chi connectivity index (χ0n) is 15.3. The van der Waals surface area contributed by atoms with E-state index in [1.54, 1.807) is 25.3 Å². The zero-order chi connectivity index (χ0) is 18.7. The largest absolute Gasteiger partial charge is 0.508 e. The minimum absolute atomic E-state index is 0.0410. The van der Waals surface area contributed by atoms with Crippen molar-refractivity contribution in [3.05, 3.63) is 81.2 Å². The molecule has 0 aliphatic carbocycles. The number of nitrogens with one attached hydrogen (secondary N) is 1. The van der Waals surface area contributed by atoms with E-state index in [9.17, 15) is 9.90 Å². The maximum Gasteiger partial charge on any atom is 0.189 e. The number of fused-ring (bicyclic) bond motifs is 1. The number of pyridine rings is 1. The summed E-state index contributed by atoms with van der Waals surface area (Å²) >= 11 is 0. The van der Waals surface area contributed by atoms with Crippen LogP contribution in [0.5, 0.6) is 11.5 Å². The van der Waals surface area contributed by atoms with E-state index in [-0.39, 0.29) is 11.2 Å². The number of ether oxygens (including phenoxy) is 1. The SMILES string of the molecule is COc1ccc(Cc2cc(=O)c3ccc(O)c(CC=C(C)C)c3[nH]2)cc1. The highest BCUT2D eigenvalue weighted by atomic mass is 16.5. The Hall–Kier alpha value is -3.01. The van der Waals surface area contributed by atoms with Gasteiger partial charge in [0.15, 0.2) is 5.43 Å². The molecule has 0 saturated heterocycles. The highest BCUT2D eigenvalue weighted by molar-refractivity contribution is 5.84. The van der Waals surface area contributed by atoms with E-state index in [2.05, 4.69) is 4.98 Å². The second-order valence-corrected chi connectivity index (χ2v) is 6.66. The molecule has 0 aliphatic rings. The van der Waals surface area contributed by atoms with Crippen LogP contribution < -0.4 is 10.2 Å². The highest BCUT2D eigenvalue weighted by Gasteiger charge is 2.11. The first kappa shape index (κ1) is 17.8. The average Bonchev–Trinajstić information content (AvgIpc) is 2.61. The van der Waals surface area contributed by atoms with Crippen molar-refractivity contribution in [2.75, 3.05) is 7.11 Å². The number of phenols is 1. The molecule has 1 heterocycles. The van der Waals surface area contributed by atoms with Crippen LogP contribution in [0.4, 0.5) is 0 Å². The maximum absolute atomic E-state index is 12.6. The fourth-order valence-corrected chi connectivity index (χ4v) is 2.99. The smallest absolute Gasteiger partial charge is 0.189 e. The van der Waals surface area contributed by atoms with Crippen molar-refractivity contribution >= 4 is 10.9 Å². The van der Waals surface area contributed by atoms with Crippen LogP contribution in [-0.2, 0) is 12.8 Å². The monoisotopic (exact) mass is 349 g/mol. The zero-order valence-corrected chi connectivity index (χ0v) is 15.3. The molecule has 4 heteroatoms. The van der Waals surface area contributed by atoms with Gasteiger partial charge >= 0.3 is 0 Å². The third-order valence-corrected chi connectivity index (χ3v) is 4.41. The number of aromatic hydroxyl groups is 1. The first-order valence-electron chi connectivity index (χ1n) is 8.61. The molecule has 3 aromatic rings. The van der Waals surface area contributed by atoms with E-state index in [0.29, 0.717) is 23.7 Å². The first-order chi connectivity index (χ1) is 12.5. The standard InChI is InChI=1S/C22H23NO3/c1-14(2)4-9-18-20(24)11-10-19-21(25)13-16(23-22(18)19)12-15-5-7-17(26-3)8-6-15/h4-8,10-11,13,24H,9,12H2,1-3H3,(H,23,25). The summed E-state index contributed by atoms with van der Waals surface area (Å²) < 4.78 is 5.18.